The first-order chi connectivity index (χ1) is 8.59. The third-order valence-electron chi connectivity index (χ3n) is 3.63. The van der Waals surface area contributed by atoms with Crippen molar-refractivity contribution >= 4 is 17.3 Å². The van der Waals surface area contributed by atoms with Crippen molar-refractivity contribution in [2.45, 2.75) is 50.6 Å². The fourth-order valence-electron chi connectivity index (χ4n) is 2.35. The van der Waals surface area contributed by atoms with Gasteiger partial charge in [0.1, 0.15) is 12.2 Å². The number of carbonyl (C=O) groups is 3. The Morgan fingerprint density at radius 3 is 2.05 bits per heavy atom. The number of ether oxygens (including phenoxy) is 1. The zero-order valence-electron chi connectivity index (χ0n) is 11.0. The molecule has 1 saturated heterocycles. The lowest BCUT2D eigenvalue weighted by molar-refractivity contribution is -0.251. The van der Waals surface area contributed by atoms with E-state index in [1.54, 1.807) is 0 Å². The first kappa shape index (κ1) is 15.9. The minimum atomic E-state index is -2.65. The highest BCUT2D eigenvalue weighted by molar-refractivity contribution is 5.99. The second-order valence-electron chi connectivity index (χ2n) is 4.84. The predicted octanol–water partition coefficient (Wildman–Crippen LogP) is -1.63. The van der Waals surface area contributed by atoms with Gasteiger partial charge in [-0.25, -0.2) is 0 Å². The molecule has 0 spiro atoms. The van der Waals surface area contributed by atoms with Gasteiger partial charge in [-0.15, -0.1) is 0 Å². The summed E-state index contributed by atoms with van der Waals surface area (Å²) >= 11 is 0. The van der Waals surface area contributed by atoms with Gasteiger partial charge in [0.15, 0.2) is 28.6 Å². The molecule has 19 heavy (non-hydrogen) atoms. The summed E-state index contributed by atoms with van der Waals surface area (Å²) in [6.45, 7) is 2.87. The second kappa shape index (κ2) is 5.09. The minimum Gasteiger partial charge on any atom is -0.382 e. The van der Waals surface area contributed by atoms with Crippen molar-refractivity contribution in [1.82, 2.24) is 0 Å². The van der Waals surface area contributed by atoms with Crippen LogP contribution in [0.15, 0.2) is 0 Å². The summed E-state index contributed by atoms with van der Waals surface area (Å²) in [4.78, 5) is 34.5. The van der Waals surface area contributed by atoms with Gasteiger partial charge in [-0.1, -0.05) is 0 Å². The number of carbonyl (C=O) groups excluding carboxylic acids is 3. The Bertz CT molecular complexity index is 418. The highest BCUT2D eigenvalue weighted by Gasteiger charge is 2.65. The van der Waals surface area contributed by atoms with Crippen LogP contribution in [0.3, 0.4) is 0 Å². The number of rotatable bonds is 4. The lowest BCUT2D eigenvalue weighted by Crippen LogP contribution is -2.74. The molecule has 0 bridgehead atoms. The Hall–Kier alpha value is -1.15. The molecule has 7 heteroatoms. The van der Waals surface area contributed by atoms with Crippen LogP contribution in [0, 0.1) is 0 Å². The maximum Gasteiger partial charge on any atom is 0.187 e. The fourth-order valence-corrected chi connectivity index (χ4v) is 2.35. The van der Waals surface area contributed by atoms with Crippen molar-refractivity contribution in [1.29, 1.82) is 0 Å². The van der Waals surface area contributed by atoms with Crippen molar-refractivity contribution in [3.8, 4) is 0 Å². The van der Waals surface area contributed by atoms with E-state index in [1.165, 1.54) is 0 Å². The standard InChI is InChI=1S/C12H18O7/c1-6(13)9(16)10-12(18,8(3)15)11(17,7(2)14)4-5-19-10/h9-10,16-18H,4-5H2,1-3H3/t9?,10-,11+,12+/m1/s1. The van der Waals surface area contributed by atoms with E-state index in [4.69, 9.17) is 4.74 Å². The lowest BCUT2D eigenvalue weighted by Gasteiger charge is -2.49. The Morgan fingerprint density at radius 2 is 1.68 bits per heavy atom. The Morgan fingerprint density at radius 1 is 1.16 bits per heavy atom. The van der Waals surface area contributed by atoms with Crippen LogP contribution in [-0.2, 0) is 19.1 Å². The smallest absolute Gasteiger partial charge is 0.187 e. The van der Waals surface area contributed by atoms with Crippen LogP contribution in [0.5, 0.6) is 0 Å². The molecule has 1 rings (SSSR count). The molecule has 1 heterocycles. The minimum absolute atomic E-state index is 0.166. The molecular weight excluding hydrogens is 256 g/mol. The fraction of sp³-hybridized carbons (Fsp3) is 0.750. The molecule has 0 radical (unpaired) electrons. The van der Waals surface area contributed by atoms with E-state index < -0.39 is 40.8 Å². The number of hydrogen-bond donors (Lipinski definition) is 3. The van der Waals surface area contributed by atoms with Crippen molar-refractivity contribution in [3.63, 3.8) is 0 Å². The van der Waals surface area contributed by atoms with Gasteiger partial charge in [-0.2, -0.15) is 0 Å². The molecule has 0 saturated carbocycles. The van der Waals surface area contributed by atoms with E-state index in [0.717, 1.165) is 20.8 Å². The van der Waals surface area contributed by atoms with E-state index >= 15 is 0 Å². The molecule has 4 atom stereocenters. The van der Waals surface area contributed by atoms with Gasteiger partial charge in [0.2, 0.25) is 0 Å². The van der Waals surface area contributed by atoms with Gasteiger partial charge < -0.3 is 20.1 Å². The first-order valence-electron chi connectivity index (χ1n) is 5.86. The van der Waals surface area contributed by atoms with Crippen LogP contribution >= 0.6 is 0 Å². The molecule has 1 aliphatic heterocycles. The number of aliphatic hydroxyl groups is 3. The molecule has 0 aromatic rings. The molecule has 0 aliphatic carbocycles. The van der Waals surface area contributed by atoms with Crippen LogP contribution in [0.25, 0.3) is 0 Å². The molecule has 108 valence electrons. The normalized spacial score (nSPS) is 36.6. The van der Waals surface area contributed by atoms with Crippen LogP contribution in [0.4, 0.5) is 0 Å². The van der Waals surface area contributed by atoms with Gasteiger partial charge in [-0.3, -0.25) is 14.4 Å². The molecule has 1 fully saturated rings. The Kier molecular flexibility index (Phi) is 4.26. The Labute approximate surface area is 110 Å². The average Bonchev–Trinajstić information content (AvgIpc) is 2.31. The van der Waals surface area contributed by atoms with Crippen LogP contribution < -0.4 is 0 Å². The first-order valence-corrected chi connectivity index (χ1v) is 5.86. The molecule has 1 unspecified atom stereocenters. The third kappa shape index (κ3) is 2.23. The molecule has 7 nitrogen and oxygen atoms in total. The average molecular weight is 274 g/mol. The number of aliphatic hydroxyl groups excluding tert-OH is 1. The van der Waals surface area contributed by atoms with Crippen molar-refractivity contribution in [2.24, 2.45) is 0 Å². The van der Waals surface area contributed by atoms with E-state index in [9.17, 15) is 29.7 Å². The molecule has 0 aromatic carbocycles. The molecule has 0 amide bonds. The van der Waals surface area contributed by atoms with Gasteiger partial charge in [0.25, 0.3) is 0 Å². The zero-order chi connectivity index (χ0) is 15.0. The lowest BCUT2D eigenvalue weighted by atomic mass is 9.68. The van der Waals surface area contributed by atoms with Crippen molar-refractivity contribution in [2.75, 3.05) is 6.61 Å². The van der Waals surface area contributed by atoms with E-state index in [-0.39, 0.29) is 13.0 Å². The van der Waals surface area contributed by atoms with Gasteiger partial charge in [0.05, 0.1) is 6.61 Å². The largest absolute Gasteiger partial charge is 0.382 e. The van der Waals surface area contributed by atoms with Crippen molar-refractivity contribution in [3.05, 3.63) is 0 Å². The van der Waals surface area contributed by atoms with E-state index in [1.807, 2.05) is 0 Å². The van der Waals surface area contributed by atoms with Crippen LogP contribution in [-0.4, -0.2) is 62.7 Å². The predicted molar refractivity (Wildman–Crippen MR) is 62.3 cm³/mol. The highest BCUT2D eigenvalue weighted by atomic mass is 16.5. The van der Waals surface area contributed by atoms with Crippen LogP contribution in [0.1, 0.15) is 27.2 Å². The number of ketones is 3. The zero-order valence-corrected chi connectivity index (χ0v) is 11.0. The molecular formula is C12H18O7. The van der Waals surface area contributed by atoms with E-state index in [0.29, 0.717) is 0 Å². The van der Waals surface area contributed by atoms with Gasteiger partial charge in [0, 0.05) is 6.42 Å². The third-order valence-corrected chi connectivity index (χ3v) is 3.63. The van der Waals surface area contributed by atoms with Crippen LogP contribution in [0.2, 0.25) is 0 Å². The Balaban J connectivity index is 3.37. The summed E-state index contributed by atoms with van der Waals surface area (Å²) in [5, 5.41) is 30.5. The van der Waals surface area contributed by atoms with E-state index in [2.05, 4.69) is 0 Å². The molecule has 1 aliphatic rings. The summed E-state index contributed by atoms with van der Waals surface area (Å²) < 4.78 is 5.07. The highest BCUT2D eigenvalue weighted by Crippen LogP contribution is 2.38. The monoisotopic (exact) mass is 274 g/mol. The quantitative estimate of drug-likeness (QED) is 0.562. The SMILES string of the molecule is CC(=O)C(O)[C@H]1OCC[C@](O)(C(C)=O)[C@]1(O)C(C)=O. The number of hydrogen-bond acceptors (Lipinski definition) is 7. The van der Waals surface area contributed by atoms with Crippen molar-refractivity contribution < 1.29 is 34.4 Å². The molecule has 0 aromatic heterocycles. The van der Waals surface area contributed by atoms with Gasteiger partial charge >= 0.3 is 0 Å². The maximum absolute atomic E-state index is 11.7. The summed E-state index contributed by atoms with van der Waals surface area (Å²) in [6, 6.07) is 0. The summed E-state index contributed by atoms with van der Waals surface area (Å²) in [7, 11) is 0. The maximum atomic E-state index is 11.7. The summed E-state index contributed by atoms with van der Waals surface area (Å²) in [5.74, 6) is -2.51. The summed E-state index contributed by atoms with van der Waals surface area (Å²) in [5.41, 5.74) is -5.03. The number of Topliss-reactive ketones (excluding diaryl/α,β-unsaturated/α-hetero) is 3. The van der Waals surface area contributed by atoms with Gasteiger partial charge in [-0.05, 0) is 20.8 Å². The second-order valence-corrected chi connectivity index (χ2v) is 4.84. The molecule has 3 N–H and O–H groups in total. The topological polar surface area (TPSA) is 121 Å². The summed E-state index contributed by atoms with van der Waals surface area (Å²) in [6.07, 6.45) is -3.77.